The first-order chi connectivity index (χ1) is 14.0. The predicted molar refractivity (Wildman–Crippen MR) is 114 cm³/mol. The summed E-state index contributed by atoms with van der Waals surface area (Å²) in [5, 5.41) is 12.1. The number of thioether (sulfide) groups is 1. The Morgan fingerprint density at radius 1 is 1.28 bits per heavy atom. The lowest BCUT2D eigenvalue weighted by molar-refractivity contribution is -0.132. The van der Waals surface area contributed by atoms with E-state index in [-0.39, 0.29) is 17.9 Å². The summed E-state index contributed by atoms with van der Waals surface area (Å²) in [5.74, 6) is 0.845. The van der Waals surface area contributed by atoms with Crippen LogP contribution in [0.5, 0.6) is 0 Å². The van der Waals surface area contributed by atoms with Crippen LogP contribution in [0.4, 0.5) is 0 Å². The molecular formula is C19H24BrN5O3S. The lowest BCUT2D eigenvalue weighted by Gasteiger charge is -2.26. The fourth-order valence-corrected chi connectivity index (χ4v) is 4.42. The lowest BCUT2D eigenvalue weighted by atomic mass is 10.2. The second kappa shape index (κ2) is 10.2. The van der Waals surface area contributed by atoms with Crippen LogP contribution in [0, 0.1) is 0 Å². The Kier molecular flexibility index (Phi) is 7.68. The molecule has 2 amide bonds. The van der Waals surface area contributed by atoms with Crippen LogP contribution in [0.15, 0.2) is 33.9 Å². The van der Waals surface area contributed by atoms with E-state index in [0.29, 0.717) is 55.1 Å². The lowest BCUT2D eigenvalue weighted by Crippen LogP contribution is -2.41. The molecule has 0 unspecified atom stereocenters. The highest BCUT2D eigenvalue weighted by Gasteiger charge is 2.22. The van der Waals surface area contributed by atoms with Gasteiger partial charge in [0.15, 0.2) is 11.0 Å². The van der Waals surface area contributed by atoms with E-state index in [4.69, 9.17) is 4.74 Å². The van der Waals surface area contributed by atoms with Crippen molar-refractivity contribution in [2.75, 3.05) is 32.1 Å². The number of carbonyl (C=O) groups excluding carboxylic acids is 2. The molecule has 1 saturated heterocycles. The highest BCUT2D eigenvalue weighted by atomic mass is 79.9. The van der Waals surface area contributed by atoms with Crippen LogP contribution in [0.1, 0.15) is 36.1 Å². The van der Waals surface area contributed by atoms with Gasteiger partial charge in [-0.1, -0.05) is 23.9 Å². The van der Waals surface area contributed by atoms with E-state index in [1.807, 2.05) is 41.5 Å². The van der Waals surface area contributed by atoms with Gasteiger partial charge >= 0.3 is 0 Å². The average Bonchev–Trinajstić information content (AvgIpc) is 3.16. The summed E-state index contributed by atoms with van der Waals surface area (Å²) in [6.45, 7) is 6.93. The van der Waals surface area contributed by atoms with E-state index in [2.05, 4.69) is 31.4 Å². The molecule has 1 N–H and O–H groups in total. The van der Waals surface area contributed by atoms with Crippen LogP contribution in [-0.2, 0) is 16.1 Å². The number of hydrogen-bond acceptors (Lipinski definition) is 6. The number of aromatic nitrogens is 3. The third kappa shape index (κ3) is 5.37. The Bertz CT molecular complexity index is 869. The summed E-state index contributed by atoms with van der Waals surface area (Å²) in [6.07, 6.45) is 0. The Morgan fingerprint density at radius 2 is 2.00 bits per heavy atom. The first-order valence-electron chi connectivity index (χ1n) is 9.48. The van der Waals surface area contributed by atoms with Crippen LogP contribution < -0.4 is 5.32 Å². The highest BCUT2D eigenvalue weighted by molar-refractivity contribution is 9.10. The molecule has 156 valence electrons. The van der Waals surface area contributed by atoms with Crippen LogP contribution in [0.3, 0.4) is 0 Å². The molecule has 0 spiro atoms. The van der Waals surface area contributed by atoms with Gasteiger partial charge in [0, 0.05) is 24.1 Å². The first-order valence-corrected chi connectivity index (χ1v) is 11.3. The second-order valence-electron chi connectivity index (χ2n) is 6.54. The second-order valence-corrected chi connectivity index (χ2v) is 8.34. The maximum Gasteiger partial charge on any atom is 0.253 e. The molecule has 2 heterocycles. The number of halogens is 1. The van der Waals surface area contributed by atoms with Gasteiger partial charge in [-0.15, -0.1) is 10.2 Å². The van der Waals surface area contributed by atoms with E-state index in [1.165, 1.54) is 11.8 Å². The smallest absolute Gasteiger partial charge is 0.253 e. The van der Waals surface area contributed by atoms with Crippen molar-refractivity contribution in [3.63, 3.8) is 0 Å². The van der Waals surface area contributed by atoms with Crippen LogP contribution in [-0.4, -0.2) is 63.5 Å². The monoisotopic (exact) mass is 481 g/mol. The van der Waals surface area contributed by atoms with E-state index < -0.39 is 0 Å². The zero-order chi connectivity index (χ0) is 20.8. The van der Waals surface area contributed by atoms with E-state index in [1.54, 1.807) is 6.07 Å². The number of benzene rings is 1. The number of amides is 2. The highest BCUT2D eigenvalue weighted by Crippen LogP contribution is 2.22. The molecular weight excluding hydrogens is 458 g/mol. The first kappa shape index (κ1) is 21.8. The number of hydrogen-bond donors (Lipinski definition) is 1. The maximum atomic E-state index is 12.6. The van der Waals surface area contributed by atoms with Crippen molar-refractivity contribution in [3.05, 3.63) is 40.1 Å². The van der Waals surface area contributed by atoms with E-state index >= 15 is 0 Å². The molecule has 1 aromatic heterocycles. The molecule has 2 aromatic rings. The minimum absolute atomic E-state index is 0.0702. The third-order valence-corrected chi connectivity index (χ3v) is 6.25. The molecule has 1 aliphatic rings. The Hall–Kier alpha value is -1.91. The van der Waals surface area contributed by atoms with Crippen molar-refractivity contribution in [1.29, 1.82) is 0 Å². The third-order valence-electron chi connectivity index (χ3n) is 4.60. The molecule has 1 atom stereocenters. The summed E-state index contributed by atoms with van der Waals surface area (Å²) in [7, 11) is 0. The summed E-state index contributed by atoms with van der Waals surface area (Å²) < 4.78 is 7.95. The quantitative estimate of drug-likeness (QED) is 0.611. The van der Waals surface area contributed by atoms with Crippen molar-refractivity contribution < 1.29 is 14.3 Å². The van der Waals surface area contributed by atoms with Crippen LogP contribution >= 0.6 is 27.7 Å². The van der Waals surface area contributed by atoms with Crippen LogP contribution in [0.25, 0.3) is 0 Å². The minimum Gasteiger partial charge on any atom is -0.378 e. The Labute approximate surface area is 182 Å². The van der Waals surface area contributed by atoms with Gasteiger partial charge in [-0.2, -0.15) is 0 Å². The Morgan fingerprint density at radius 3 is 2.69 bits per heavy atom. The predicted octanol–water partition coefficient (Wildman–Crippen LogP) is 2.50. The van der Waals surface area contributed by atoms with Crippen molar-refractivity contribution in [2.45, 2.75) is 31.6 Å². The minimum atomic E-state index is -0.327. The van der Waals surface area contributed by atoms with Gasteiger partial charge in [0.2, 0.25) is 5.91 Å². The summed E-state index contributed by atoms with van der Waals surface area (Å²) in [6, 6.07) is 6.94. The standard InChI is InChI=1S/C19H24BrN5O3S/c1-3-25-17(13(2)21-18(27)14-6-4-5-7-15(14)20)22-23-19(25)29-12-16(26)24-8-10-28-11-9-24/h4-7,13H,3,8-12H2,1-2H3,(H,21,27)/t13-/m1/s1. The number of nitrogens with one attached hydrogen (secondary N) is 1. The van der Waals surface area contributed by atoms with E-state index in [0.717, 1.165) is 4.47 Å². The number of nitrogens with zero attached hydrogens (tertiary/aromatic N) is 4. The molecule has 0 saturated carbocycles. The zero-order valence-corrected chi connectivity index (χ0v) is 18.8. The molecule has 1 aliphatic heterocycles. The van der Waals surface area contributed by atoms with Gasteiger partial charge in [0.25, 0.3) is 5.91 Å². The van der Waals surface area contributed by atoms with Crippen molar-refractivity contribution in [1.82, 2.24) is 25.0 Å². The van der Waals surface area contributed by atoms with Crippen molar-refractivity contribution in [2.24, 2.45) is 0 Å². The summed E-state index contributed by atoms with van der Waals surface area (Å²) >= 11 is 4.77. The molecule has 0 aliphatic carbocycles. The van der Waals surface area contributed by atoms with Gasteiger partial charge < -0.3 is 19.5 Å². The van der Waals surface area contributed by atoms with Crippen molar-refractivity contribution in [3.8, 4) is 0 Å². The molecule has 8 nitrogen and oxygen atoms in total. The maximum absolute atomic E-state index is 12.6. The van der Waals surface area contributed by atoms with Crippen molar-refractivity contribution >= 4 is 39.5 Å². The molecule has 3 rings (SSSR count). The van der Waals surface area contributed by atoms with Gasteiger partial charge in [-0.05, 0) is 41.9 Å². The number of morpholine rings is 1. The number of rotatable bonds is 7. The molecule has 0 bridgehead atoms. The van der Waals surface area contributed by atoms with Gasteiger partial charge in [-0.25, -0.2) is 0 Å². The summed E-state index contributed by atoms with van der Waals surface area (Å²) in [5.41, 5.74) is 0.563. The van der Waals surface area contributed by atoms with Gasteiger partial charge in [0.05, 0.1) is 30.6 Å². The fourth-order valence-electron chi connectivity index (χ4n) is 3.04. The topological polar surface area (TPSA) is 89.3 Å². The zero-order valence-electron chi connectivity index (χ0n) is 16.4. The SMILES string of the molecule is CCn1c(SCC(=O)N2CCOCC2)nnc1[C@@H](C)NC(=O)c1ccccc1Br. The Balaban J connectivity index is 1.64. The summed E-state index contributed by atoms with van der Waals surface area (Å²) in [4.78, 5) is 26.8. The van der Waals surface area contributed by atoms with Crippen LogP contribution in [0.2, 0.25) is 0 Å². The normalized spacial score (nSPS) is 15.2. The number of carbonyl (C=O) groups is 2. The largest absolute Gasteiger partial charge is 0.378 e. The average molecular weight is 482 g/mol. The molecule has 29 heavy (non-hydrogen) atoms. The number of ether oxygens (including phenoxy) is 1. The molecule has 1 fully saturated rings. The molecule has 1 aromatic carbocycles. The van der Waals surface area contributed by atoms with Gasteiger partial charge in [0.1, 0.15) is 0 Å². The molecule has 0 radical (unpaired) electrons. The fraction of sp³-hybridized carbons (Fsp3) is 0.474. The van der Waals surface area contributed by atoms with E-state index in [9.17, 15) is 9.59 Å². The molecule has 10 heteroatoms. The van der Waals surface area contributed by atoms with Gasteiger partial charge in [-0.3, -0.25) is 9.59 Å².